The van der Waals surface area contributed by atoms with Crippen molar-refractivity contribution in [3.8, 4) is 16.9 Å². The molecule has 1 aromatic heterocycles. The van der Waals surface area contributed by atoms with Crippen molar-refractivity contribution in [3.05, 3.63) is 72.4 Å². The lowest BCUT2D eigenvalue weighted by molar-refractivity contribution is -0.137. The minimum Gasteiger partial charge on any atom is -0.452 e. The molecule has 0 bridgehead atoms. The third-order valence-electron chi connectivity index (χ3n) is 4.65. The highest BCUT2D eigenvalue weighted by Crippen LogP contribution is 2.24. The molecule has 1 N–H and O–H groups in total. The van der Waals surface area contributed by atoms with Gasteiger partial charge in [-0.3, -0.25) is 9.59 Å². The van der Waals surface area contributed by atoms with Crippen LogP contribution in [-0.2, 0) is 14.3 Å². The molecule has 0 fully saturated rings. The van der Waals surface area contributed by atoms with Gasteiger partial charge in [0.1, 0.15) is 11.3 Å². The summed E-state index contributed by atoms with van der Waals surface area (Å²) in [7, 11) is 1.49. The molecule has 33 heavy (non-hydrogen) atoms. The van der Waals surface area contributed by atoms with Gasteiger partial charge in [-0.05, 0) is 32.9 Å². The largest absolute Gasteiger partial charge is 0.452 e. The zero-order valence-electron chi connectivity index (χ0n) is 19.2. The molecule has 2 aromatic carbocycles. The third kappa shape index (κ3) is 6.52. The van der Waals surface area contributed by atoms with Crippen LogP contribution in [0.2, 0.25) is 0 Å². The topological polar surface area (TPSA) is 93.5 Å². The Morgan fingerprint density at radius 2 is 1.61 bits per heavy atom. The van der Waals surface area contributed by atoms with Gasteiger partial charge in [0.05, 0.1) is 12.2 Å². The fraction of sp³-hybridized carbons (Fsp3) is 0.280. The number of nitrogens with one attached hydrogen (secondary N) is 1. The SMILES string of the molecule is CN(CC(=O)NC(C)(C)C)C(=O)COC(=O)c1cn(-c2ccccc2)nc1-c1ccccc1. The normalized spacial score (nSPS) is 11.0. The molecular weight excluding hydrogens is 420 g/mol. The standard InChI is InChI=1S/C25H28N4O4/c1-25(2,3)26-21(30)16-28(4)22(31)17-33-24(32)20-15-29(19-13-9-6-10-14-19)27-23(20)18-11-7-5-8-12-18/h5-15H,16-17H2,1-4H3,(H,26,30). The van der Waals surface area contributed by atoms with Crippen LogP contribution in [0.1, 0.15) is 31.1 Å². The maximum absolute atomic E-state index is 12.9. The highest BCUT2D eigenvalue weighted by Gasteiger charge is 2.23. The van der Waals surface area contributed by atoms with Crippen LogP contribution in [0, 0.1) is 0 Å². The molecule has 3 rings (SSSR count). The van der Waals surface area contributed by atoms with Crippen molar-refractivity contribution in [1.82, 2.24) is 20.0 Å². The van der Waals surface area contributed by atoms with Crippen molar-refractivity contribution in [1.29, 1.82) is 0 Å². The zero-order chi connectivity index (χ0) is 24.0. The van der Waals surface area contributed by atoms with E-state index < -0.39 is 24.0 Å². The summed E-state index contributed by atoms with van der Waals surface area (Å²) in [5, 5.41) is 7.36. The molecule has 8 nitrogen and oxygen atoms in total. The summed E-state index contributed by atoms with van der Waals surface area (Å²) >= 11 is 0. The van der Waals surface area contributed by atoms with Gasteiger partial charge in [0.15, 0.2) is 6.61 Å². The van der Waals surface area contributed by atoms with E-state index in [-0.39, 0.29) is 18.0 Å². The lowest BCUT2D eigenvalue weighted by Gasteiger charge is -2.23. The summed E-state index contributed by atoms with van der Waals surface area (Å²) in [6.45, 7) is 4.95. The predicted octanol–water partition coefficient (Wildman–Crippen LogP) is 3.07. The van der Waals surface area contributed by atoms with Crippen LogP contribution < -0.4 is 5.32 Å². The lowest BCUT2D eigenvalue weighted by atomic mass is 10.1. The highest BCUT2D eigenvalue weighted by molar-refractivity contribution is 5.97. The first-order valence-electron chi connectivity index (χ1n) is 10.6. The number of para-hydroxylation sites is 1. The lowest BCUT2D eigenvalue weighted by Crippen LogP contribution is -2.46. The number of benzene rings is 2. The molecule has 0 saturated heterocycles. The number of hydrogen-bond donors (Lipinski definition) is 1. The number of esters is 1. The summed E-state index contributed by atoms with van der Waals surface area (Å²) in [6.07, 6.45) is 1.59. The molecule has 0 atom stereocenters. The van der Waals surface area contributed by atoms with Crippen LogP contribution in [-0.4, -0.2) is 58.2 Å². The van der Waals surface area contributed by atoms with Gasteiger partial charge in [-0.1, -0.05) is 48.5 Å². The summed E-state index contributed by atoms with van der Waals surface area (Å²) in [6, 6.07) is 18.7. The molecule has 0 aliphatic carbocycles. The van der Waals surface area contributed by atoms with E-state index in [0.717, 1.165) is 11.3 Å². The van der Waals surface area contributed by atoms with E-state index in [9.17, 15) is 14.4 Å². The van der Waals surface area contributed by atoms with E-state index in [1.807, 2.05) is 81.4 Å². The highest BCUT2D eigenvalue weighted by atomic mass is 16.5. The predicted molar refractivity (Wildman–Crippen MR) is 125 cm³/mol. The second kappa shape index (κ2) is 10.1. The monoisotopic (exact) mass is 448 g/mol. The Labute approximate surface area is 193 Å². The van der Waals surface area contributed by atoms with Gasteiger partial charge in [0.2, 0.25) is 5.91 Å². The number of rotatable bonds is 7. The number of likely N-dealkylation sites (N-methyl/N-ethyl adjacent to an activating group) is 1. The molecule has 0 aliphatic heterocycles. The van der Waals surface area contributed by atoms with Crippen molar-refractivity contribution in [3.63, 3.8) is 0 Å². The number of carbonyl (C=O) groups excluding carboxylic acids is 3. The maximum atomic E-state index is 12.9. The molecule has 0 unspecified atom stereocenters. The van der Waals surface area contributed by atoms with Gasteiger partial charge in [0, 0.05) is 24.3 Å². The van der Waals surface area contributed by atoms with Gasteiger partial charge in [-0.15, -0.1) is 0 Å². The molecule has 172 valence electrons. The average molecular weight is 449 g/mol. The van der Waals surface area contributed by atoms with E-state index >= 15 is 0 Å². The fourth-order valence-electron chi connectivity index (χ4n) is 3.12. The molecule has 0 radical (unpaired) electrons. The quantitative estimate of drug-likeness (QED) is 0.561. The van der Waals surface area contributed by atoms with Gasteiger partial charge >= 0.3 is 5.97 Å². The van der Waals surface area contributed by atoms with E-state index in [0.29, 0.717) is 5.69 Å². The molecule has 3 aromatic rings. The van der Waals surface area contributed by atoms with Crippen molar-refractivity contribution >= 4 is 17.8 Å². The molecule has 0 saturated carbocycles. The van der Waals surface area contributed by atoms with Crippen molar-refractivity contribution in [2.75, 3.05) is 20.2 Å². The van der Waals surface area contributed by atoms with Crippen LogP contribution in [0.5, 0.6) is 0 Å². The zero-order valence-corrected chi connectivity index (χ0v) is 19.2. The Balaban J connectivity index is 1.73. The van der Waals surface area contributed by atoms with E-state index in [1.54, 1.807) is 10.9 Å². The Morgan fingerprint density at radius 1 is 1.00 bits per heavy atom. The first-order chi connectivity index (χ1) is 15.6. The first kappa shape index (κ1) is 23.7. The number of aromatic nitrogens is 2. The molecule has 0 spiro atoms. The summed E-state index contributed by atoms with van der Waals surface area (Å²) in [5.41, 5.74) is 1.83. The summed E-state index contributed by atoms with van der Waals surface area (Å²) in [5.74, 6) is -1.44. The van der Waals surface area contributed by atoms with E-state index in [1.165, 1.54) is 11.9 Å². The second-order valence-corrected chi connectivity index (χ2v) is 8.66. The Bertz CT molecular complexity index is 1120. The average Bonchev–Trinajstić information content (AvgIpc) is 3.22. The third-order valence-corrected chi connectivity index (χ3v) is 4.65. The smallest absolute Gasteiger partial charge is 0.342 e. The number of carbonyl (C=O) groups is 3. The van der Waals surface area contributed by atoms with Crippen molar-refractivity contribution in [2.24, 2.45) is 0 Å². The van der Waals surface area contributed by atoms with Gasteiger partial charge in [-0.25, -0.2) is 9.48 Å². The maximum Gasteiger partial charge on any atom is 0.342 e. The molecule has 2 amide bonds. The summed E-state index contributed by atoms with van der Waals surface area (Å²) < 4.78 is 6.89. The Kier molecular flexibility index (Phi) is 7.27. The van der Waals surface area contributed by atoms with Crippen molar-refractivity contribution < 1.29 is 19.1 Å². The van der Waals surface area contributed by atoms with Crippen LogP contribution in [0.3, 0.4) is 0 Å². The van der Waals surface area contributed by atoms with E-state index in [2.05, 4.69) is 10.4 Å². The van der Waals surface area contributed by atoms with Gasteiger partial charge < -0.3 is 15.0 Å². The molecule has 8 heteroatoms. The number of hydrogen-bond acceptors (Lipinski definition) is 5. The van der Waals surface area contributed by atoms with Crippen LogP contribution >= 0.6 is 0 Å². The molecular formula is C25H28N4O4. The van der Waals surface area contributed by atoms with Crippen LogP contribution in [0.15, 0.2) is 66.9 Å². The molecule has 1 heterocycles. The Hall–Kier alpha value is -3.94. The number of amides is 2. The van der Waals surface area contributed by atoms with Gasteiger partial charge in [0.25, 0.3) is 5.91 Å². The number of nitrogens with zero attached hydrogens (tertiary/aromatic N) is 3. The van der Waals surface area contributed by atoms with Crippen molar-refractivity contribution in [2.45, 2.75) is 26.3 Å². The van der Waals surface area contributed by atoms with Gasteiger partial charge in [-0.2, -0.15) is 5.10 Å². The fourth-order valence-corrected chi connectivity index (χ4v) is 3.12. The molecule has 0 aliphatic rings. The first-order valence-corrected chi connectivity index (χ1v) is 10.6. The van der Waals surface area contributed by atoms with Crippen LogP contribution in [0.4, 0.5) is 0 Å². The minimum atomic E-state index is -0.670. The minimum absolute atomic E-state index is 0.130. The summed E-state index contributed by atoms with van der Waals surface area (Å²) in [4.78, 5) is 38.6. The Morgan fingerprint density at radius 3 is 2.21 bits per heavy atom. The van der Waals surface area contributed by atoms with Crippen LogP contribution in [0.25, 0.3) is 16.9 Å². The number of ether oxygens (including phenoxy) is 1. The second-order valence-electron chi connectivity index (χ2n) is 8.66. The van der Waals surface area contributed by atoms with E-state index in [4.69, 9.17) is 4.74 Å².